The van der Waals surface area contributed by atoms with E-state index >= 15 is 0 Å². The molecule has 0 heterocycles. The first-order valence-corrected chi connectivity index (χ1v) is 7.99. The van der Waals surface area contributed by atoms with Crippen LogP contribution in [0.2, 0.25) is 0 Å². The summed E-state index contributed by atoms with van der Waals surface area (Å²) in [5.41, 5.74) is 0. The standard InChI is InChI=1S/C14H24BrNO2/c1-3-18-13-6-10(7-13)8-14(17)16(2)9-11-4-12(15)5-11/h10-13H,3-9H2,1-2H3. The predicted octanol–water partition coefficient (Wildman–Crippen LogP) is 2.82. The second-order valence-corrected chi connectivity index (χ2v) is 7.12. The minimum Gasteiger partial charge on any atom is -0.378 e. The second-order valence-electron chi connectivity index (χ2n) is 5.83. The molecule has 1 amide bonds. The minimum absolute atomic E-state index is 0.313. The summed E-state index contributed by atoms with van der Waals surface area (Å²) in [4.78, 5) is 14.7. The molecule has 0 unspecified atom stereocenters. The Bertz CT molecular complexity index is 286. The largest absolute Gasteiger partial charge is 0.378 e. The van der Waals surface area contributed by atoms with E-state index in [1.807, 2.05) is 18.9 Å². The van der Waals surface area contributed by atoms with Crippen molar-refractivity contribution in [2.75, 3.05) is 20.2 Å². The van der Waals surface area contributed by atoms with Crippen molar-refractivity contribution in [2.24, 2.45) is 11.8 Å². The lowest BCUT2D eigenvalue weighted by molar-refractivity contribution is -0.134. The predicted molar refractivity (Wildman–Crippen MR) is 75.8 cm³/mol. The van der Waals surface area contributed by atoms with Gasteiger partial charge < -0.3 is 9.64 Å². The van der Waals surface area contributed by atoms with Gasteiger partial charge >= 0.3 is 0 Å². The summed E-state index contributed by atoms with van der Waals surface area (Å²) in [5.74, 6) is 1.58. The van der Waals surface area contributed by atoms with Gasteiger partial charge in [-0.15, -0.1) is 0 Å². The van der Waals surface area contributed by atoms with Crippen molar-refractivity contribution in [2.45, 2.75) is 50.0 Å². The van der Waals surface area contributed by atoms with Crippen LogP contribution in [-0.2, 0) is 9.53 Å². The lowest BCUT2D eigenvalue weighted by Crippen LogP contribution is -2.40. The molecule has 2 fully saturated rings. The van der Waals surface area contributed by atoms with Gasteiger partial charge in [0, 0.05) is 31.4 Å². The number of amides is 1. The van der Waals surface area contributed by atoms with Crippen molar-refractivity contribution in [1.29, 1.82) is 0 Å². The lowest BCUT2D eigenvalue weighted by Gasteiger charge is -2.37. The summed E-state index contributed by atoms with van der Waals surface area (Å²) in [6.45, 7) is 3.76. The maximum atomic E-state index is 12.0. The first-order valence-electron chi connectivity index (χ1n) is 7.08. The summed E-state index contributed by atoms with van der Waals surface area (Å²) in [7, 11) is 1.95. The molecule has 4 heteroatoms. The number of nitrogens with zero attached hydrogens (tertiary/aromatic N) is 1. The Balaban J connectivity index is 1.60. The van der Waals surface area contributed by atoms with E-state index in [0.29, 0.717) is 35.1 Å². The maximum Gasteiger partial charge on any atom is 0.222 e. The molecule has 104 valence electrons. The smallest absolute Gasteiger partial charge is 0.222 e. The molecule has 0 aromatic rings. The Labute approximate surface area is 118 Å². The molecule has 0 N–H and O–H groups in total. The molecular weight excluding hydrogens is 294 g/mol. The van der Waals surface area contributed by atoms with Gasteiger partial charge in [-0.2, -0.15) is 0 Å². The molecule has 0 saturated heterocycles. The Hall–Kier alpha value is -0.0900. The molecule has 0 aromatic heterocycles. The van der Waals surface area contributed by atoms with Crippen molar-refractivity contribution in [3.8, 4) is 0 Å². The van der Waals surface area contributed by atoms with Crippen molar-refractivity contribution < 1.29 is 9.53 Å². The molecule has 2 rings (SSSR count). The Kier molecular flexibility index (Phi) is 5.07. The normalized spacial score (nSPS) is 34.6. The van der Waals surface area contributed by atoms with Crippen LogP contribution < -0.4 is 0 Å². The molecule has 0 aliphatic heterocycles. The summed E-state index contributed by atoms with van der Waals surface area (Å²) in [6, 6.07) is 0. The van der Waals surface area contributed by atoms with Gasteiger partial charge in [-0.1, -0.05) is 15.9 Å². The topological polar surface area (TPSA) is 29.5 Å². The number of halogens is 1. The lowest BCUT2D eigenvalue weighted by atomic mass is 9.79. The zero-order valence-corrected chi connectivity index (χ0v) is 13.0. The molecule has 0 atom stereocenters. The van der Waals surface area contributed by atoms with Crippen LogP contribution in [0.25, 0.3) is 0 Å². The Morgan fingerprint density at radius 1 is 1.28 bits per heavy atom. The highest BCUT2D eigenvalue weighted by Crippen LogP contribution is 2.35. The fraction of sp³-hybridized carbons (Fsp3) is 0.929. The van der Waals surface area contributed by atoms with E-state index in [9.17, 15) is 4.79 Å². The molecular formula is C14H24BrNO2. The average molecular weight is 318 g/mol. The number of ether oxygens (including phenoxy) is 1. The van der Waals surface area contributed by atoms with Gasteiger partial charge in [-0.05, 0) is 44.4 Å². The maximum absolute atomic E-state index is 12.0. The molecule has 2 saturated carbocycles. The highest BCUT2D eigenvalue weighted by Gasteiger charge is 2.33. The first kappa shape index (κ1) is 14.3. The van der Waals surface area contributed by atoms with Crippen LogP contribution in [0.4, 0.5) is 0 Å². The van der Waals surface area contributed by atoms with Gasteiger partial charge in [0.1, 0.15) is 0 Å². The van der Waals surface area contributed by atoms with Gasteiger partial charge in [0.15, 0.2) is 0 Å². The summed E-state index contributed by atoms with van der Waals surface area (Å²) in [5, 5.41) is 0. The zero-order valence-electron chi connectivity index (χ0n) is 11.4. The van der Waals surface area contributed by atoms with Gasteiger partial charge in [-0.25, -0.2) is 0 Å². The molecule has 3 nitrogen and oxygen atoms in total. The summed E-state index contributed by atoms with van der Waals surface area (Å²) < 4.78 is 5.52. The van der Waals surface area contributed by atoms with Crippen molar-refractivity contribution in [1.82, 2.24) is 4.90 Å². The van der Waals surface area contributed by atoms with E-state index in [2.05, 4.69) is 15.9 Å². The van der Waals surface area contributed by atoms with E-state index in [1.165, 1.54) is 12.8 Å². The van der Waals surface area contributed by atoms with E-state index < -0.39 is 0 Å². The molecule has 2 aliphatic carbocycles. The Morgan fingerprint density at radius 3 is 2.50 bits per heavy atom. The fourth-order valence-corrected chi connectivity index (χ4v) is 3.97. The van der Waals surface area contributed by atoms with Crippen LogP contribution in [0.3, 0.4) is 0 Å². The third-order valence-corrected chi connectivity index (χ3v) is 4.94. The van der Waals surface area contributed by atoms with Crippen LogP contribution in [0, 0.1) is 11.8 Å². The van der Waals surface area contributed by atoms with Gasteiger partial charge in [0.05, 0.1) is 6.10 Å². The zero-order chi connectivity index (χ0) is 13.1. The number of rotatable bonds is 6. The molecule has 0 radical (unpaired) electrons. The number of alkyl halides is 1. The molecule has 0 bridgehead atoms. The minimum atomic E-state index is 0.313. The van der Waals surface area contributed by atoms with Crippen LogP contribution in [-0.4, -0.2) is 41.9 Å². The monoisotopic (exact) mass is 317 g/mol. The Morgan fingerprint density at radius 2 is 1.94 bits per heavy atom. The van der Waals surface area contributed by atoms with Crippen LogP contribution in [0.1, 0.15) is 39.0 Å². The number of hydrogen-bond donors (Lipinski definition) is 0. The quantitative estimate of drug-likeness (QED) is 0.705. The van der Waals surface area contributed by atoms with E-state index in [4.69, 9.17) is 4.74 Å². The highest BCUT2D eigenvalue weighted by atomic mass is 79.9. The number of carbonyl (C=O) groups excluding carboxylic acids is 1. The van der Waals surface area contributed by atoms with Gasteiger partial charge in [-0.3, -0.25) is 4.79 Å². The highest BCUT2D eigenvalue weighted by molar-refractivity contribution is 9.09. The van der Waals surface area contributed by atoms with Crippen molar-refractivity contribution in [3.63, 3.8) is 0 Å². The van der Waals surface area contributed by atoms with Crippen LogP contribution in [0.5, 0.6) is 0 Å². The third kappa shape index (κ3) is 3.70. The van der Waals surface area contributed by atoms with Gasteiger partial charge in [0.25, 0.3) is 0 Å². The number of carbonyl (C=O) groups is 1. The molecule has 2 aliphatic rings. The van der Waals surface area contributed by atoms with E-state index in [1.54, 1.807) is 0 Å². The third-order valence-electron chi connectivity index (χ3n) is 4.19. The number of hydrogen-bond acceptors (Lipinski definition) is 2. The van der Waals surface area contributed by atoms with Crippen molar-refractivity contribution in [3.05, 3.63) is 0 Å². The average Bonchev–Trinajstić information content (AvgIpc) is 2.23. The van der Waals surface area contributed by atoms with Gasteiger partial charge in [0.2, 0.25) is 5.91 Å². The fourth-order valence-electron chi connectivity index (χ4n) is 2.91. The van der Waals surface area contributed by atoms with Crippen LogP contribution >= 0.6 is 15.9 Å². The molecule has 0 aromatic carbocycles. The first-order chi connectivity index (χ1) is 8.58. The summed E-state index contributed by atoms with van der Waals surface area (Å²) >= 11 is 3.59. The molecule has 18 heavy (non-hydrogen) atoms. The second kappa shape index (κ2) is 6.38. The summed E-state index contributed by atoms with van der Waals surface area (Å²) in [6.07, 6.45) is 5.70. The van der Waals surface area contributed by atoms with E-state index in [0.717, 1.165) is 26.0 Å². The van der Waals surface area contributed by atoms with Crippen LogP contribution in [0.15, 0.2) is 0 Å². The molecule has 0 spiro atoms. The van der Waals surface area contributed by atoms with E-state index in [-0.39, 0.29) is 0 Å². The SMILES string of the molecule is CCOC1CC(CC(=O)N(C)CC2CC(Br)C2)C1. The van der Waals surface area contributed by atoms with Crippen molar-refractivity contribution >= 4 is 21.8 Å².